The first kappa shape index (κ1) is 39.7. The van der Waals surface area contributed by atoms with Crippen molar-refractivity contribution in [2.45, 2.75) is 45.8 Å². The van der Waals surface area contributed by atoms with Gasteiger partial charge in [0.1, 0.15) is 6.20 Å². The Morgan fingerprint density at radius 1 is 0.881 bits per heavy atom. The van der Waals surface area contributed by atoms with Crippen LogP contribution in [-0.2, 0) is 9.31 Å². The number of nitro groups is 2. The van der Waals surface area contributed by atoms with Gasteiger partial charge in [-0.15, -0.1) is 6.07 Å². The van der Waals surface area contributed by atoms with Gasteiger partial charge in [0.15, 0.2) is 0 Å². The van der Waals surface area contributed by atoms with E-state index >= 15 is 0 Å². The van der Waals surface area contributed by atoms with Crippen molar-refractivity contribution in [1.29, 1.82) is 0 Å². The van der Waals surface area contributed by atoms with E-state index in [9.17, 15) is 33.2 Å². The predicted octanol–water partition coefficient (Wildman–Crippen LogP) is -0.967. The van der Waals surface area contributed by atoms with Crippen LogP contribution in [0.1, 0.15) is 33.4 Å². The minimum Gasteiger partial charge on any atom is -0.423 e. The van der Waals surface area contributed by atoms with Gasteiger partial charge in [-0.2, -0.15) is 0 Å². The molecule has 0 radical (unpaired) electrons. The molecule has 1 aliphatic rings. The second-order valence-electron chi connectivity index (χ2n) is 9.02. The van der Waals surface area contributed by atoms with E-state index in [1.807, 2.05) is 25.3 Å². The van der Waals surface area contributed by atoms with E-state index in [2.05, 4.69) is 48.7 Å². The Hall–Kier alpha value is -2.29. The average Bonchev–Trinajstić information content (AvgIpc) is 3.12. The smallest absolute Gasteiger partial charge is 0.423 e. The van der Waals surface area contributed by atoms with Crippen LogP contribution in [-0.4, -0.2) is 67.8 Å². The molecule has 1 fully saturated rings. The fourth-order valence-electron chi connectivity index (χ4n) is 2.68. The van der Waals surface area contributed by atoms with Crippen LogP contribution in [0.25, 0.3) is 0 Å². The van der Waals surface area contributed by atoms with Gasteiger partial charge in [-0.3, -0.25) is 17.9 Å². The third kappa shape index (κ3) is 13.8. The molecule has 2 N–H and O–H groups in total. The number of halogens is 3. The molecule has 42 heavy (non-hydrogen) atoms. The van der Waals surface area contributed by atoms with E-state index in [0.717, 1.165) is 23.4 Å². The fourth-order valence-corrected chi connectivity index (χ4v) is 2.68. The maximum Gasteiger partial charge on any atom is 1.00 e. The van der Waals surface area contributed by atoms with E-state index in [1.54, 1.807) is 0 Å². The number of nitrogens with zero attached hydrogens (tertiary/aromatic N) is 5. The van der Waals surface area contributed by atoms with Crippen molar-refractivity contribution in [1.82, 2.24) is 15.0 Å². The Bertz CT molecular complexity index is 1230. The number of aromatic nitrogens is 3. The number of hydrogen-bond donors (Lipinski definition) is 2. The van der Waals surface area contributed by atoms with Crippen molar-refractivity contribution in [3.8, 4) is 0 Å². The Labute approximate surface area is 283 Å². The van der Waals surface area contributed by atoms with Crippen molar-refractivity contribution >= 4 is 44.3 Å². The van der Waals surface area contributed by atoms with Gasteiger partial charge in [-0.25, -0.2) is 12.1 Å². The zero-order valence-electron chi connectivity index (χ0n) is 23.6. The third-order valence-corrected chi connectivity index (χ3v) is 5.50. The number of hydrogen-bond acceptors (Lipinski definition) is 11. The second-order valence-corrected chi connectivity index (χ2v) is 9.02. The molecule has 0 bridgehead atoms. The first-order valence-electron chi connectivity index (χ1n) is 11.6. The molecule has 4 heterocycles. The standard InChI is InChI=1S/C12H18BNO2.C5H5BN2O4.C5H3N2O2.BF3.K/c1-9-6-7-10(8-14-9)13-15-11(2,3)12(4,5)16-13;9-6(10)4-1-2-5(7-3-4)8(11)12;8-7(9)5-3-1-2-4-6-5;2-1(3)4;/h6-8H,1-5H3;1-3,9-10H;1,3-4H;;/q;;-1;;+1. The van der Waals surface area contributed by atoms with E-state index in [-0.39, 0.29) is 86.8 Å². The number of rotatable bonds is 4. The summed E-state index contributed by atoms with van der Waals surface area (Å²) >= 11 is 0. The van der Waals surface area contributed by atoms with E-state index < -0.39 is 24.5 Å². The third-order valence-electron chi connectivity index (χ3n) is 5.50. The molecule has 0 aromatic carbocycles. The van der Waals surface area contributed by atoms with Crippen LogP contribution in [0.3, 0.4) is 0 Å². The molecule has 20 heteroatoms. The second kappa shape index (κ2) is 18.4. The average molecular weight is 617 g/mol. The molecule has 1 aliphatic heterocycles. The van der Waals surface area contributed by atoms with Gasteiger partial charge in [0.05, 0.1) is 11.2 Å². The molecule has 0 spiro atoms. The van der Waals surface area contributed by atoms with Gasteiger partial charge in [0.2, 0.25) is 0 Å². The monoisotopic (exact) mass is 617 g/mol. The van der Waals surface area contributed by atoms with Crippen molar-refractivity contribution in [3.05, 3.63) is 87.0 Å². The normalized spacial score (nSPS) is 13.8. The Kier molecular flexibility index (Phi) is 17.4. The summed E-state index contributed by atoms with van der Waals surface area (Å²) in [6.45, 7) is 10.2. The van der Waals surface area contributed by atoms with E-state index in [0.29, 0.717) is 0 Å². The zero-order valence-corrected chi connectivity index (χ0v) is 26.8. The van der Waals surface area contributed by atoms with Gasteiger partial charge in [-0.05, 0) is 55.5 Å². The van der Waals surface area contributed by atoms with E-state index in [1.165, 1.54) is 24.4 Å². The molecular formula is C22H26B3F3KN5O8. The van der Waals surface area contributed by atoms with Crippen molar-refractivity contribution in [2.24, 2.45) is 0 Å². The molecule has 0 unspecified atom stereocenters. The van der Waals surface area contributed by atoms with Crippen LogP contribution in [0.4, 0.5) is 24.6 Å². The van der Waals surface area contributed by atoms with Crippen LogP contribution in [0.2, 0.25) is 0 Å². The molecule has 0 aliphatic carbocycles. The van der Waals surface area contributed by atoms with Gasteiger partial charge in [0, 0.05) is 35.1 Å². The molecule has 3 aromatic rings. The summed E-state index contributed by atoms with van der Waals surface area (Å²) < 4.78 is 40.9. The zero-order chi connectivity index (χ0) is 31.4. The summed E-state index contributed by atoms with van der Waals surface area (Å²) in [4.78, 5) is 29.9. The van der Waals surface area contributed by atoms with E-state index in [4.69, 9.17) is 19.4 Å². The molecular weight excluding hydrogens is 591 g/mol. The van der Waals surface area contributed by atoms with Crippen LogP contribution in [0, 0.1) is 33.2 Å². The molecule has 3 aromatic heterocycles. The van der Waals surface area contributed by atoms with Gasteiger partial charge in [0.25, 0.3) is 5.82 Å². The SMILES string of the molecule is Cc1ccc(B2OC(C)(C)C(C)(C)O2)cn1.FB(F)F.O=[N+]([O-])c1cc[c-]cn1.O=[N+]([O-])c1ccc(B(O)O)cn1.[K+]. The summed E-state index contributed by atoms with van der Waals surface area (Å²) in [7, 11) is -5.61. The molecule has 0 amide bonds. The minimum absolute atomic E-state index is 0. The van der Waals surface area contributed by atoms with Crippen LogP contribution in [0.15, 0.2) is 55.0 Å². The first-order valence-corrected chi connectivity index (χ1v) is 11.6. The molecule has 0 atom stereocenters. The summed E-state index contributed by atoms with van der Waals surface area (Å²) in [6.07, 6.45) is 4.12. The van der Waals surface area contributed by atoms with Crippen molar-refractivity contribution in [3.63, 3.8) is 0 Å². The summed E-state index contributed by atoms with van der Waals surface area (Å²) in [5, 5.41) is 37.2. The fraction of sp³-hybridized carbons (Fsp3) is 0.318. The predicted molar refractivity (Wildman–Crippen MR) is 144 cm³/mol. The Morgan fingerprint density at radius 3 is 1.74 bits per heavy atom. The maximum absolute atomic E-state index is 10.1. The number of pyridine rings is 3. The van der Waals surface area contributed by atoms with Crippen LogP contribution in [0.5, 0.6) is 0 Å². The minimum atomic E-state index is -3.67. The van der Waals surface area contributed by atoms with Gasteiger partial charge < -0.3 is 39.6 Å². The maximum atomic E-state index is 10.1. The van der Waals surface area contributed by atoms with Crippen molar-refractivity contribution in [2.75, 3.05) is 0 Å². The van der Waals surface area contributed by atoms with Crippen LogP contribution >= 0.6 is 0 Å². The first-order chi connectivity index (χ1) is 19.0. The summed E-state index contributed by atoms with van der Waals surface area (Å²) in [5.74, 6) is -0.465. The topological polar surface area (TPSA) is 184 Å². The van der Waals surface area contributed by atoms with Gasteiger partial charge >= 0.3 is 79.0 Å². The Balaban J connectivity index is 0.000000576. The quantitative estimate of drug-likeness (QED) is 0.159. The largest absolute Gasteiger partial charge is 1.00 e. The molecule has 0 saturated carbocycles. The summed E-state index contributed by atoms with van der Waals surface area (Å²) in [6, 6.07) is 11.6. The molecule has 13 nitrogen and oxygen atoms in total. The van der Waals surface area contributed by atoms with Gasteiger partial charge in [-0.1, -0.05) is 17.1 Å². The Morgan fingerprint density at radius 2 is 1.40 bits per heavy atom. The van der Waals surface area contributed by atoms with Crippen LogP contribution < -0.4 is 62.3 Å². The number of aryl methyl sites for hydroxylation is 1. The molecule has 1 saturated heterocycles. The summed E-state index contributed by atoms with van der Waals surface area (Å²) in [5.41, 5.74) is 1.52. The molecule has 4 rings (SSSR count). The molecule has 218 valence electrons. The van der Waals surface area contributed by atoms with Crippen molar-refractivity contribution < 1.29 is 93.5 Å².